The topological polar surface area (TPSA) is 38.7 Å². The summed E-state index contributed by atoms with van der Waals surface area (Å²) in [5.74, 6) is 2.12. The number of hydrogen-bond acceptors (Lipinski definition) is 3. The largest absolute Gasteiger partial charge is 0.208 e. The molecule has 31 heavy (non-hydrogen) atoms. The Hall–Kier alpha value is -3.85. The van der Waals surface area contributed by atoms with Crippen molar-refractivity contribution in [1.82, 2.24) is 15.0 Å². The zero-order valence-electron chi connectivity index (χ0n) is 17.5. The van der Waals surface area contributed by atoms with Crippen LogP contribution < -0.4 is 0 Å². The summed E-state index contributed by atoms with van der Waals surface area (Å²) in [6.45, 7) is 2.11. The van der Waals surface area contributed by atoms with Gasteiger partial charge < -0.3 is 0 Å². The molecule has 0 atom stereocenters. The molecule has 0 saturated carbocycles. The van der Waals surface area contributed by atoms with Gasteiger partial charge in [0.2, 0.25) is 0 Å². The average molecular weight is 402 g/mol. The summed E-state index contributed by atoms with van der Waals surface area (Å²) < 4.78 is 0. The lowest BCUT2D eigenvalue weighted by Gasteiger charge is -2.11. The first-order valence-electron chi connectivity index (χ1n) is 10.6. The molecule has 0 bridgehead atoms. The predicted molar refractivity (Wildman–Crippen MR) is 127 cm³/mol. The Bertz CT molecular complexity index is 1270. The van der Waals surface area contributed by atoms with Gasteiger partial charge in [-0.1, -0.05) is 103 Å². The van der Waals surface area contributed by atoms with Crippen LogP contribution in [0.3, 0.4) is 0 Å². The molecule has 1 aliphatic carbocycles. The number of aryl methyl sites for hydroxylation is 1. The van der Waals surface area contributed by atoms with Crippen LogP contribution in [0.25, 0.3) is 39.5 Å². The van der Waals surface area contributed by atoms with Crippen LogP contribution >= 0.6 is 0 Å². The van der Waals surface area contributed by atoms with Crippen molar-refractivity contribution < 1.29 is 0 Å². The Labute approximate surface area is 182 Å². The lowest BCUT2D eigenvalue weighted by atomic mass is 10.0. The maximum atomic E-state index is 4.83. The first kappa shape index (κ1) is 19.1. The third-order valence-electron chi connectivity index (χ3n) is 5.42. The number of allylic oxidation sites excluding steroid dienone is 4. The normalized spacial score (nSPS) is 13.1. The highest BCUT2D eigenvalue weighted by molar-refractivity contribution is 5.74. The van der Waals surface area contributed by atoms with E-state index in [1.807, 2.05) is 30.3 Å². The molecular weight excluding hydrogens is 378 g/mol. The highest BCUT2D eigenvalue weighted by atomic mass is 15.0. The summed E-state index contributed by atoms with van der Waals surface area (Å²) in [5, 5.41) is 0. The van der Waals surface area contributed by atoms with Crippen molar-refractivity contribution in [3.63, 3.8) is 0 Å². The predicted octanol–water partition coefficient (Wildman–Crippen LogP) is 6.91. The van der Waals surface area contributed by atoms with Crippen molar-refractivity contribution in [3.05, 3.63) is 108 Å². The molecule has 0 saturated heterocycles. The molecule has 3 nitrogen and oxygen atoms in total. The Morgan fingerprint density at radius 1 is 0.581 bits per heavy atom. The molecule has 4 aromatic rings. The third kappa shape index (κ3) is 4.22. The van der Waals surface area contributed by atoms with E-state index in [2.05, 4.69) is 73.7 Å². The van der Waals surface area contributed by atoms with Gasteiger partial charge in [-0.15, -0.1) is 0 Å². The van der Waals surface area contributed by atoms with E-state index in [-0.39, 0.29) is 0 Å². The van der Waals surface area contributed by atoms with Gasteiger partial charge in [-0.3, -0.25) is 0 Å². The van der Waals surface area contributed by atoms with E-state index in [9.17, 15) is 0 Å². The van der Waals surface area contributed by atoms with Crippen LogP contribution in [0.4, 0.5) is 0 Å². The summed E-state index contributed by atoms with van der Waals surface area (Å²) >= 11 is 0. The van der Waals surface area contributed by atoms with Crippen molar-refractivity contribution in [3.8, 4) is 33.9 Å². The van der Waals surface area contributed by atoms with Crippen LogP contribution in [-0.4, -0.2) is 15.0 Å². The van der Waals surface area contributed by atoms with Crippen LogP contribution in [0, 0.1) is 6.92 Å². The molecule has 0 spiro atoms. The molecule has 150 valence electrons. The molecule has 3 aromatic carbocycles. The summed E-state index contributed by atoms with van der Waals surface area (Å²) in [4.78, 5) is 14.4. The van der Waals surface area contributed by atoms with Gasteiger partial charge in [-0.2, -0.15) is 0 Å². The SMILES string of the molecule is Cc1cccc(-c2ccc(-c3nc(C4=CCCC=C4)nc(-c4ccccc4)n3)cc2)c1. The van der Waals surface area contributed by atoms with Crippen LogP contribution in [0.15, 0.2) is 97.1 Å². The number of benzene rings is 3. The van der Waals surface area contributed by atoms with Crippen molar-refractivity contribution >= 4 is 5.57 Å². The molecule has 0 N–H and O–H groups in total. The summed E-state index contributed by atoms with van der Waals surface area (Å²) in [6, 6.07) is 27.1. The van der Waals surface area contributed by atoms with E-state index >= 15 is 0 Å². The Morgan fingerprint density at radius 3 is 1.90 bits per heavy atom. The van der Waals surface area contributed by atoms with Gasteiger partial charge in [0.1, 0.15) is 0 Å². The highest BCUT2D eigenvalue weighted by Gasteiger charge is 2.13. The van der Waals surface area contributed by atoms with Crippen LogP contribution in [0.1, 0.15) is 24.2 Å². The van der Waals surface area contributed by atoms with E-state index in [1.165, 1.54) is 16.7 Å². The van der Waals surface area contributed by atoms with E-state index in [4.69, 9.17) is 15.0 Å². The zero-order chi connectivity index (χ0) is 21.0. The lowest BCUT2D eigenvalue weighted by Crippen LogP contribution is -2.03. The third-order valence-corrected chi connectivity index (χ3v) is 5.42. The standard InChI is InChI=1S/C28H23N3/c1-20-9-8-14-25(19-20)21-15-17-24(18-16-21)28-30-26(22-10-4-2-5-11-22)29-27(31-28)23-12-6-3-7-13-23/h2,4-6,8-19H,3,7H2,1H3. The second-order valence-electron chi connectivity index (χ2n) is 7.76. The number of nitrogens with zero attached hydrogens (tertiary/aromatic N) is 3. The first-order valence-corrected chi connectivity index (χ1v) is 10.6. The van der Waals surface area contributed by atoms with E-state index < -0.39 is 0 Å². The Balaban J connectivity index is 1.58. The quantitative estimate of drug-likeness (QED) is 0.373. The van der Waals surface area contributed by atoms with Crippen molar-refractivity contribution in [2.45, 2.75) is 19.8 Å². The Kier molecular flexibility index (Phi) is 5.24. The second kappa shape index (κ2) is 8.49. The van der Waals surface area contributed by atoms with Gasteiger partial charge in [0.15, 0.2) is 17.5 Å². The highest BCUT2D eigenvalue weighted by Crippen LogP contribution is 2.27. The van der Waals surface area contributed by atoms with Crippen LogP contribution in [-0.2, 0) is 0 Å². The summed E-state index contributed by atoms with van der Waals surface area (Å²) in [5.41, 5.74) is 6.68. The van der Waals surface area contributed by atoms with Crippen molar-refractivity contribution in [2.24, 2.45) is 0 Å². The molecule has 1 aliphatic rings. The molecule has 0 amide bonds. The van der Waals surface area contributed by atoms with Gasteiger partial charge in [-0.05, 0) is 30.9 Å². The van der Waals surface area contributed by atoms with Gasteiger partial charge in [-0.25, -0.2) is 15.0 Å². The van der Waals surface area contributed by atoms with Gasteiger partial charge >= 0.3 is 0 Å². The fraction of sp³-hybridized carbons (Fsp3) is 0.107. The minimum Gasteiger partial charge on any atom is -0.208 e. The maximum Gasteiger partial charge on any atom is 0.164 e. The fourth-order valence-electron chi connectivity index (χ4n) is 3.77. The Morgan fingerprint density at radius 2 is 1.23 bits per heavy atom. The lowest BCUT2D eigenvalue weighted by molar-refractivity contribution is 1.01. The number of rotatable bonds is 4. The molecule has 0 fully saturated rings. The summed E-state index contributed by atoms with van der Waals surface area (Å²) in [6.07, 6.45) is 8.57. The van der Waals surface area contributed by atoms with Crippen LogP contribution in [0.5, 0.6) is 0 Å². The fourth-order valence-corrected chi connectivity index (χ4v) is 3.77. The van der Waals surface area contributed by atoms with Gasteiger partial charge in [0.25, 0.3) is 0 Å². The second-order valence-corrected chi connectivity index (χ2v) is 7.76. The molecule has 1 aromatic heterocycles. The van der Waals surface area contributed by atoms with Crippen molar-refractivity contribution in [2.75, 3.05) is 0 Å². The van der Waals surface area contributed by atoms with Crippen molar-refractivity contribution in [1.29, 1.82) is 0 Å². The summed E-state index contributed by atoms with van der Waals surface area (Å²) in [7, 11) is 0. The maximum absolute atomic E-state index is 4.83. The molecule has 5 rings (SSSR count). The molecule has 0 aliphatic heterocycles. The molecule has 0 unspecified atom stereocenters. The minimum atomic E-state index is 0.694. The van der Waals surface area contributed by atoms with Gasteiger partial charge in [0, 0.05) is 16.7 Å². The smallest absolute Gasteiger partial charge is 0.164 e. The van der Waals surface area contributed by atoms with Crippen LogP contribution in [0.2, 0.25) is 0 Å². The molecule has 0 radical (unpaired) electrons. The number of hydrogen-bond donors (Lipinski definition) is 0. The van der Waals surface area contributed by atoms with E-state index in [1.54, 1.807) is 0 Å². The molecular formula is C28H23N3. The average Bonchev–Trinajstić information content (AvgIpc) is 2.85. The first-order chi connectivity index (χ1) is 15.3. The van der Waals surface area contributed by atoms with E-state index in [0.717, 1.165) is 35.4 Å². The molecule has 1 heterocycles. The zero-order valence-corrected chi connectivity index (χ0v) is 17.5. The number of aromatic nitrogens is 3. The minimum absolute atomic E-state index is 0.694. The van der Waals surface area contributed by atoms with E-state index in [0.29, 0.717) is 11.6 Å². The van der Waals surface area contributed by atoms with Gasteiger partial charge in [0.05, 0.1) is 0 Å². The monoisotopic (exact) mass is 401 g/mol. The molecule has 3 heteroatoms.